The summed E-state index contributed by atoms with van der Waals surface area (Å²) in [5, 5.41) is 8.95. The summed E-state index contributed by atoms with van der Waals surface area (Å²) in [7, 11) is 0. The Morgan fingerprint density at radius 2 is 1.60 bits per heavy atom. The minimum Gasteiger partial charge on any atom is -0.393 e. The molecular formula is C9H22O. The van der Waals surface area contributed by atoms with Crippen LogP contribution in [0.5, 0.6) is 0 Å². The van der Waals surface area contributed by atoms with Crippen LogP contribution in [0.3, 0.4) is 0 Å². The number of hydrogen-bond donors (Lipinski definition) is 1. The fourth-order valence-corrected chi connectivity index (χ4v) is 0.697. The van der Waals surface area contributed by atoms with Crippen LogP contribution < -0.4 is 0 Å². The van der Waals surface area contributed by atoms with E-state index in [-0.39, 0.29) is 6.10 Å². The van der Waals surface area contributed by atoms with Gasteiger partial charge in [-0.25, -0.2) is 0 Å². The molecule has 0 aromatic carbocycles. The van der Waals surface area contributed by atoms with Gasteiger partial charge in [0.25, 0.3) is 0 Å². The fraction of sp³-hybridized carbons (Fsp3) is 1.00. The van der Waals surface area contributed by atoms with Crippen molar-refractivity contribution in [2.45, 2.75) is 53.6 Å². The predicted octanol–water partition coefficient (Wildman–Crippen LogP) is 2.83. The van der Waals surface area contributed by atoms with Gasteiger partial charge in [-0.3, -0.25) is 0 Å². The van der Waals surface area contributed by atoms with E-state index in [0.717, 1.165) is 6.42 Å². The van der Waals surface area contributed by atoms with Crippen LogP contribution in [0.2, 0.25) is 0 Å². The van der Waals surface area contributed by atoms with Crippen LogP contribution in [-0.2, 0) is 0 Å². The summed E-state index contributed by atoms with van der Waals surface area (Å²) < 4.78 is 0. The number of hydrogen-bond acceptors (Lipinski definition) is 1. The molecule has 10 heavy (non-hydrogen) atoms. The van der Waals surface area contributed by atoms with Gasteiger partial charge in [0.15, 0.2) is 0 Å². The topological polar surface area (TPSA) is 20.2 Å². The Balaban J connectivity index is 0. The lowest BCUT2D eigenvalue weighted by atomic mass is 10.0. The van der Waals surface area contributed by atoms with Crippen molar-refractivity contribution in [2.24, 2.45) is 5.92 Å². The van der Waals surface area contributed by atoms with Crippen LogP contribution in [-0.4, -0.2) is 11.2 Å². The minimum atomic E-state index is -0.130. The zero-order valence-electron chi connectivity index (χ0n) is 8.02. The first-order valence-electron chi connectivity index (χ1n) is 4.36. The molecule has 1 N–H and O–H groups in total. The molecule has 0 bridgehead atoms. The summed E-state index contributed by atoms with van der Waals surface area (Å²) >= 11 is 0. The number of aliphatic hydroxyl groups excluding tert-OH is 1. The van der Waals surface area contributed by atoms with Gasteiger partial charge in [0.2, 0.25) is 0 Å². The Hall–Kier alpha value is -0.0400. The molecule has 0 aliphatic heterocycles. The average Bonchev–Trinajstić information content (AvgIpc) is 1.93. The van der Waals surface area contributed by atoms with E-state index < -0.39 is 0 Å². The highest BCUT2D eigenvalue weighted by Gasteiger charge is 2.05. The largest absolute Gasteiger partial charge is 0.393 e. The molecule has 0 fully saturated rings. The summed E-state index contributed by atoms with van der Waals surface area (Å²) in [4.78, 5) is 0. The Labute approximate surface area is 65.5 Å². The van der Waals surface area contributed by atoms with Gasteiger partial charge in [-0.15, -0.1) is 0 Å². The monoisotopic (exact) mass is 146 g/mol. The van der Waals surface area contributed by atoms with Crippen LogP contribution >= 0.6 is 0 Å². The van der Waals surface area contributed by atoms with Crippen LogP contribution in [0.4, 0.5) is 0 Å². The van der Waals surface area contributed by atoms with Gasteiger partial charge in [0.05, 0.1) is 6.10 Å². The first-order chi connectivity index (χ1) is 4.68. The molecule has 0 amide bonds. The van der Waals surface area contributed by atoms with Gasteiger partial charge in [-0.05, 0) is 19.3 Å². The molecule has 0 aromatic rings. The maximum atomic E-state index is 8.95. The van der Waals surface area contributed by atoms with Crippen molar-refractivity contribution in [1.29, 1.82) is 0 Å². The van der Waals surface area contributed by atoms with Crippen molar-refractivity contribution in [3.05, 3.63) is 0 Å². The SMILES string of the molecule is CC.CCCC(C)C(C)O. The van der Waals surface area contributed by atoms with Crippen LogP contribution in [0.15, 0.2) is 0 Å². The van der Waals surface area contributed by atoms with Crippen molar-refractivity contribution in [3.63, 3.8) is 0 Å². The minimum absolute atomic E-state index is 0.130. The fourth-order valence-electron chi connectivity index (χ4n) is 0.697. The highest BCUT2D eigenvalue weighted by Crippen LogP contribution is 2.08. The zero-order valence-corrected chi connectivity index (χ0v) is 8.02. The average molecular weight is 146 g/mol. The molecule has 1 nitrogen and oxygen atoms in total. The van der Waals surface area contributed by atoms with E-state index in [0.29, 0.717) is 5.92 Å². The third kappa shape index (κ3) is 7.96. The molecule has 64 valence electrons. The van der Waals surface area contributed by atoms with Crippen molar-refractivity contribution in [3.8, 4) is 0 Å². The summed E-state index contributed by atoms with van der Waals surface area (Å²) in [6.45, 7) is 10.1. The van der Waals surface area contributed by atoms with Gasteiger partial charge in [-0.2, -0.15) is 0 Å². The van der Waals surface area contributed by atoms with E-state index in [1.54, 1.807) is 0 Å². The van der Waals surface area contributed by atoms with E-state index in [1.807, 2.05) is 20.8 Å². The smallest absolute Gasteiger partial charge is 0.0537 e. The standard InChI is InChI=1S/C7H16O.C2H6/c1-4-5-6(2)7(3)8;1-2/h6-8H,4-5H2,1-3H3;1-2H3. The van der Waals surface area contributed by atoms with E-state index >= 15 is 0 Å². The normalized spacial score (nSPS) is 15.0. The number of aliphatic hydroxyl groups is 1. The molecule has 0 aliphatic rings. The second-order valence-corrected chi connectivity index (χ2v) is 2.51. The van der Waals surface area contributed by atoms with Gasteiger partial charge < -0.3 is 5.11 Å². The second kappa shape index (κ2) is 8.96. The lowest BCUT2D eigenvalue weighted by Crippen LogP contribution is -2.11. The molecule has 1 heteroatoms. The van der Waals surface area contributed by atoms with Crippen LogP contribution in [0, 0.1) is 5.92 Å². The Morgan fingerprint density at radius 1 is 1.20 bits per heavy atom. The highest BCUT2D eigenvalue weighted by atomic mass is 16.3. The van der Waals surface area contributed by atoms with Crippen molar-refractivity contribution >= 4 is 0 Å². The molecule has 0 saturated carbocycles. The first kappa shape index (κ1) is 12.6. The lowest BCUT2D eigenvalue weighted by Gasteiger charge is -2.11. The molecule has 2 atom stereocenters. The molecule has 0 spiro atoms. The van der Waals surface area contributed by atoms with E-state index in [9.17, 15) is 0 Å². The van der Waals surface area contributed by atoms with Crippen LogP contribution in [0.1, 0.15) is 47.5 Å². The van der Waals surface area contributed by atoms with E-state index in [2.05, 4.69) is 13.8 Å². The Bertz CT molecular complexity index is 50.7. The Kier molecular flexibility index (Phi) is 11.3. The van der Waals surface area contributed by atoms with Gasteiger partial charge in [0, 0.05) is 0 Å². The molecule has 0 aromatic heterocycles. The molecule has 2 unspecified atom stereocenters. The van der Waals surface area contributed by atoms with Crippen molar-refractivity contribution < 1.29 is 5.11 Å². The van der Waals surface area contributed by atoms with Crippen LogP contribution in [0.25, 0.3) is 0 Å². The van der Waals surface area contributed by atoms with Crippen molar-refractivity contribution in [2.75, 3.05) is 0 Å². The predicted molar refractivity (Wildman–Crippen MR) is 47.1 cm³/mol. The lowest BCUT2D eigenvalue weighted by molar-refractivity contribution is 0.129. The molecule has 0 rings (SSSR count). The maximum Gasteiger partial charge on any atom is 0.0537 e. The third-order valence-corrected chi connectivity index (χ3v) is 1.57. The number of rotatable bonds is 3. The highest BCUT2D eigenvalue weighted by molar-refractivity contribution is 4.56. The van der Waals surface area contributed by atoms with Gasteiger partial charge >= 0.3 is 0 Å². The molecule has 0 radical (unpaired) electrons. The summed E-state index contributed by atoms with van der Waals surface area (Å²) in [6.07, 6.45) is 2.18. The summed E-state index contributed by atoms with van der Waals surface area (Å²) in [5.41, 5.74) is 0. The zero-order chi connectivity index (χ0) is 8.57. The molecule has 0 heterocycles. The van der Waals surface area contributed by atoms with Crippen molar-refractivity contribution in [1.82, 2.24) is 0 Å². The van der Waals surface area contributed by atoms with E-state index in [1.165, 1.54) is 6.42 Å². The molecule has 0 aliphatic carbocycles. The first-order valence-corrected chi connectivity index (χ1v) is 4.36. The summed E-state index contributed by atoms with van der Waals surface area (Å²) in [5.74, 6) is 0.472. The van der Waals surface area contributed by atoms with Gasteiger partial charge in [-0.1, -0.05) is 34.1 Å². The Morgan fingerprint density at radius 3 is 1.70 bits per heavy atom. The maximum absolute atomic E-state index is 8.95. The second-order valence-electron chi connectivity index (χ2n) is 2.51. The molecular weight excluding hydrogens is 124 g/mol. The quantitative estimate of drug-likeness (QED) is 0.649. The third-order valence-electron chi connectivity index (χ3n) is 1.57. The van der Waals surface area contributed by atoms with E-state index in [4.69, 9.17) is 5.11 Å². The van der Waals surface area contributed by atoms with Gasteiger partial charge in [0.1, 0.15) is 0 Å². The summed E-state index contributed by atoms with van der Waals surface area (Å²) in [6, 6.07) is 0. The molecule has 0 saturated heterocycles.